The predicted molar refractivity (Wildman–Crippen MR) is 214 cm³/mol. The van der Waals surface area contributed by atoms with E-state index in [1.54, 1.807) is 13.8 Å². The standard InChI is InChI=1S/C43H42F7N3O12S/c1-16-9-20-10-22-37(56)53-23-13-61-38(57)40(21-12-24(59-5)25(11-19(21)7-8-51-40)65-39(58)41(44,45)42(46,47)43(48,49)50)14-66-36(30(53)29(52(22)4)26(20)31(55)32(16)60-6)28-27(23)35-34(62-15-63-35)17(2)33(28)64-18(3)54/h9,11-12,22-23,29-30,36-37,51,55-56H,7-8,10,13-15H2,1-6H3/t22-,23+,29-,30?,36-,37+,40-/m1/s1. The van der Waals surface area contributed by atoms with Crippen LogP contribution in [0.5, 0.6) is 40.2 Å². The number of hydrogen-bond donors (Lipinski definition) is 3. The quantitative estimate of drug-likeness (QED) is 0.162. The van der Waals surface area contributed by atoms with E-state index in [0.29, 0.717) is 34.2 Å². The summed E-state index contributed by atoms with van der Waals surface area (Å²) in [5.41, 5.74) is 1.61. The van der Waals surface area contributed by atoms with Gasteiger partial charge in [-0.15, -0.1) is 11.8 Å². The summed E-state index contributed by atoms with van der Waals surface area (Å²) in [6.45, 7) is 4.00. The number of ether oxygens (including phenoxy) is 7. The first-order valence-electron chi connectivity index (χ1n) is 20.5. The number of carbonyl (C=O) groups is 3. The molecule has 7 aliphatic heterocycles. The molecule has 0 saturated carbocycles. The lowest BCUT2D eigenvalue weighted by molar-refractivity contribution is -0.346. The summed E-state index contributed by atoms with van der Waals surface area (Å²) in [7, 11) is 4.24. The van der Waals surface area contributed by atoms with Crippen molar-refractivity contribution >= 4 is 29.7 Å². The van der Waals surface area contributed by atoms with Crippen LogP contribution in [-0.2, 0) is 37.5 Å². The normalized spacial score (nSPS) is 27.0. The van der Waals surface area contributed by atoms with E-state index in [4.69, 9.17) is 28.4 Å². The van der Waals surface area contributed by atoms with Gasteiger partial charge in [-0.2, -0.15) is 30.7 Å². The number of alkyl halides is 7. The molecule has 7 atom stereocenters. The molecule has 2 saturated heterocycles. The second kappa shape index (κ2) is 15.7. The van der Waals surface area contributed by atoms with Crippen molar-refractivity contribution in [2.45, 2.75) is 92.8 Å². The third-order valence-corrected chi connectivity index (χ3v) is 14.9. The average molecular weight is 958 g/mol. The molecule has 3 aromatic rings. The summed E-state index contributed by atoms with van der Waals surface area (Å²) in [4.78, 5) is 44.1. The number of phenolic OH excluding ortho intramolecular Hbond substituents is 1. The van der Waals surface area contributed by atoms with E-state index >= 15 is 0 Å². The largest absolute Gasteiger partial charge is 0.504 e. The van der Waals surface area contributed by atoms with E-state index in [1.165, 1.54) is 25.8 Å². The highest BCUT2D eigenvalue weighted by Gasteiger charge is 2.77. The van der Waals surface area contributed by atoms with Gasteiger partial charge in [-0.1, -0.05) is 6.07 Å². The van der Waals surface area contributed by atoms with Crippen molar-refractivity contribution in [1.82, 2.24) is 15.1 Å². The Bertz CT molecular complexity index is 2580. The minimum Gasteiger partial charge on any atom is -0.504 e. The first-order chi connectivity index (χ1) is 31.0. The second-order valence-corrected chi connectivity index (χ2v) is 18.1. The number of aromatic hydroxyl groups is 1. The van der Waals surface area contributed by atoms with Gasteiger partial charge >= 0.3 is 35.9 Å². The summed E-state index contributed by atoms with van der Waals surface area (Å²) in [5, 5.41) is 27.0. The molecular formula is C43H42F7N3O12S. The van der Waals surface area contributed by atoms with Crippen LogP contribution >= 0.6 is 11.8 Å². The Balaban J connectivity index is 1.22. The van der Waals surface area contributed by atoms with E-state index in [2.05, 4.69) is 10.1 Å². The molecule has 0 aromatic heterocycles. The number of nitrogens with zero attached hydrogens (tertiary/aromatic N) is 2. The van der Waals surface area contributed by atoms with Crippen LogP contribution in [0.25, 0.3) is 0 Å². The van der Waals surface area contributed by atoms with Gasteiger partial charge in [0, 0.05) is 47.5 Å². The van der Waals surface area contributed by atoms with E-state index in [0.717, 1.165) is 24.8 Å². The minimum atomic E-state index is -6.81. The van der Waals surface area contributed by atoms with Crippen molar-refractivity contribution in [3.05, 3.63) is 62.7 Å². The Labute approximate surface area is 375 Å². The van der Waals surface area contributed by atoms with Gasteiger partial charge in [0.05, 0.1) is 37.6 Å². The highest BCUT2D eigenvalue weighted by Crippen LogP contribution is 2.64. The van der Waals surface area contributed by atoms with Crippen LogP contribution in [0, 0.1) is 13.8 Å². The molecule has 0 aliphatic carbocycles. The molecule has 7 heterocycles. The van der Waals surface area contributed by atoms with Gasteiger partial charge in [-0.3, -0.25) is 19.9 Å². The van der Waals surface area contributed by atoms with E-state index in [1.807, 2.05) is 22.9 Å². The summed E-state index contributed by atoms with van der Waals surface area (Å²) in [5.74, 6) is -18.8. The Hall–Kier alpha value is -5.23. The Morgan fingerprint density at radius 3 is 2.30 bits per heavy atom. The van der Waals surface area contributed by atoms with Gasteiger partial charge in [-0.05, 0) is 68.1 Å². The van der Waals surface area contributed by atoms with E-state index < -0.39 is 95.2 Å². The summed E-state index contributed by atoms with van der Waals surface area (Å²) < 4.78 is 135. The van der Waals surface area contributed by atoms with Crippen LogP contribution in [0.3, 0.4) is 0 Å². The maximum Gasteiger partial charge on any atom is 0.460 e. The number of aliphatic hydroxyl groups is 1. The zero-order valence-electron chi connectivity index (χ0n) is 35.9. The highest BCUT2D eigenvalue weighted by atomic mass is 32.2. The monoisotopic (exact) mass is 957 g/mol. The summed E-state index contributed by atoms with van der Waals surface area (Å²) in [6.07, 6.45) is -7.74. The van der Waals surface area contributed by atoms with Crippen molar-refractivity contribution in [2.75, 3.05) is 47.0 Å². The van der Waals surface area contributed by atoms with Gasteiger partial charge in [0.2, 0.25) is 6.79 Å². The average Bonchev–Trinajstić information content (AvgIpc) is 3.75. The van der Waals surface area contributed by atoms with Crippen LogP contribution < -0.4 is 33.7 Å². The maximum absolute atomic E-state index is 14.9. The molecule has 1 unspecified atom stereocenters. The molecule has 3 aromatic carbocycles. The minimum absolute atomic E-state index is 0.000991. The number of piperazine rings is 1. The first kappa shape index (κ1) is 45.9. The smallest absolute Gasteiger partial charge is 0.460 e. The number of aryl methyl sites for hydroxylation is 1. The van der Waals surface area contributed by atoms with Crippen molar-refractivity contribution in [3.8, 4) is 40.2 Å². The number of aliphatic hydroxyl groups excluding tert-OH is 1. The molecule has 356 valence electrons. The Morgan fingerprint density at radius 2 is 1.64 bits per heavy atom. The molecule has 66 heavy (non-hydrogen) atoms. The van der Waals surface area contributed by atoms with Crippen molar-refractivity contribution in [2.24, 2.45) is 0 Å². The third kappa shape index (κ3) is 6.42. The second-order valence-electron chi connectivity index (χ2n) is 16.9. The number of likely N-dealkylation sites (N-methyl/N-ethyl adjacent to an activating group) is 1. The number of carbonyl (C=O) groups excluding carboxylic acids is 3. The fourth-order valence-corrected chi connectivity index (χ4v) is 12.2. The van der Waals surface area contributed by atoms with Crippen molar-refractivity contribution < 1.29 is 88.5 Å². The van der Waals surface area contributed by atoms with Crippen LogP contribution in [0.15, 0.2) is 18.2 Å². The van der Waals surface area contributed by atoms with Gasteiger partial charge in [0.25, 0.3) is 0 Å². The van der Waals surface area contributed by atoms with E-state index in [9.17, 15) is 55.3 Å². The van der Waals surface area contributed by atoms with Crippen LogP contribution in [-0.4, -0.2) is 121 Å². The summed E-state index contributed by atoms with van der Waals surface area (Å²) >= 11 is 1.17. The number of halogens is 7. The summed E-state index contributed by atoms with van der Waals surface area (Å²) in [6, 6.07) is 0.844. The molecule has 1 spiro atoms. The number of thioether (sulfide) groups is 1. The molecule has 0 amide bonds. The number of methoxy groups -OCH3 is 2. The lowest BCUT2D eigenvalue weighted by Gasteiger charge is -2.62. The third-order valence-electron chi connectivity index (χ3n) is 13.5. The molecule has 0 radical (unpaired) electrons. The Morgan fingerprint density at radius 1 is 0.924 bits per heavy atom. The topological polar surface area (TPSA) is 175 Å². The van der Waals surface area contributed by atoms with E-state index in [-0.39, 0.29) is 65.4 Å². The molecule has 15 nitrogen and oxygen atoms in total. The number of esters is 3. The van der Waals surface area contributed by atoms with Crippen LogP contribution in [0.1, 0.15) is 68.8 Å². The number of rotatable bonds is 6. The van der Waals surface area contributed by atoms with Crippen molar-refractivity contribution in [3.63, 3.8) is 0 Å². The molecule has 3 N–H and O–H groups in total. The highest BCUT2D eigenvalue weighted by molar-refractivity contribution is 7.99. The molecule has 2 fully saturated rings. The number of hydrogen-bond acceptors (Lipinski definition) is 16. The molecule has 4 bridgehead atoms. The number of phenols is 1. The number of benzene rings is 3. The van der Waals surface area contributed by atoms with Gasteiger partial charge in [-0.25, -0.2) is 9.59 Å². The van der Waals surface area contributed by atoms with Crippen LogP contribution in [0.4, 0.5) is 30.7 Å². The van der Waals surface area contributed by atoms with Gasteiger partial charge < -0.3 is 43.4 Å². The van der Waals surface area contributed by atoms with Crippen molar-refractivity contribution in [1.29, 1.82) is 0 Å². The molecule has 23 heteroatoms. The lowest BCUT2D eigenvalue weighted by atomic mass is 9.73. The van der Waals surface area contributed by atoms with Gasteiger partial charge in [0.15, 0.2) is 40.0 Å². The zero-order chi connectivity index (χ0) is 47.7. The molecule has 10 rings (SSSR count). The number of fused-ring (bicyclic) bond motifs is 9. The Kier molecular flexibility index (Phi) is 10.9. The maximum atomic E-state index is 14.9. The fourth-order valence-electron chi connectivity index (χ4n) is 10.5. The lowest BCUT2D eigenvalue weighted by Crippen LogP contribution is -2.70. The predicted octanol–water partition coefficient (Wildman–Crippen LogP) is 5.45. The molecule has 7 aliphatic rings. The first-order valence-corrected chi connectivity index (χ1v) is 21.6. The van der Waals surface area contributed by atoms with Crippen LogP contribution in [0.2, 0.25) is 0 Å². The number of nitrogens with one attached hydrogen (secondary N) is 1. The SMILES string of the molecule is COc1cc2c(cc1OC(=O)C(F)(F)C(F)(F)C(F)(F)F)CCN[C@]21CS[C@@H]2c3c(OC(C)=O)c(C)c4c(c3[C@H](COC1=O)N1C2[C@H]2c3c(cc(C)c(OC)c3O)C[C@H]([C@@H]1O)N2C)OCO4. The zero-order valence-corrected chi connectivity index (χ0v) is 36.7. The fraction of sp³-hybridized carbons (Fsp3) is 0.512. The molecular weight excluding hydrogens is 916 g/mol. The van der Waals surface area contributed by atoms with Gasteiger partial charge in [0.1, 0.15) is 18.6 Å².